The van der Waals surface area contributed by atoms with Gasteiger partial charge >= 0.3 is 23.9 Å². The van der Waals surface area contributed by atoms with Gasteiger partial charge in [-0.05, 0) is 12.4 Å². The number of aromatic nitrogens is 2. The molecule has 160 valence electrons. The molecule has 0 saturated carbocycles. The van der Waals surface area contributed by atoms with Crippen molar-refractivity contribution in [2.45, 2.75) is 58.3 Å². The maximum Gasteiger partial charge on any atom is 0.303 e. The first-order chi connectivity index (χ1) is 13.6. The van der Waals surface area contributed by atoms with Crippen LogP contribution >= 0.6 is 0 Å². The Morgan fingerprint density at radius 1 is 0.931 bits per heavy atom. The lowest BCUT2D eigenvalue weighted by atomic mass is 9.97. The zero-order valence-corrected chi connectivity index (χ0v) is 16.8. The Bertz CT molecular complexity index is 775. The van der Waals surface area contributed by atoms with Gasteiger partial charge in [-0.1, -0.05) is 0 Å². The van der Waals surface area contributed by atoms with E-state index in [-0.39, 0.29) is 6.61 Å². The van der Waals surface area contributed by atoms with Crippen molar-refractivity contribution in [2.75, 3.05) is 6.61 Å². The van der Waals surface area contributed by atoms with E-state index >= 15 is 0 Å². The van der Waals surface area contributed by atoms with Crippen LogP contribution in [0.1, 0.15) is 33.9 Å². The Balaban J connectivity index is 2.49. The van der Waals surface area contributed by atoms with E-state index in [1.54, 1.807) is 24.0 Å². The average Bonchev–Trinajstić information content (AvgIpc) is 3.01. The summed E-state index contributed by atoms with van der Waals surface area (Å²) in [4.78, 5) is 46.4. The Morgan fingerprint density at radius 2 is 1.48 bits per heavy atom. The van der Waals surface area contributed by atoms with E-state index in [4.69, 9.17) is 23.7 Å². The molecule has 11 nitrogen and oxygen atoms in total. The topological polar surface area (TPSA) is 123 Å². The quantitative estimate of drug-likeness (QED) is 0.260. The number of rotatable bonds is 6. The van der Waals surface area contributed by atoms with Crippen LogP contribution in [-0.2, 0) is 49.9 Å². The molecule has 0 radical (unpaired) electrons. The van der Waals surface area contributed by atoms with Crippen molar-refractivity contribution in [3.63, 3.8) is 0 Å². The van der Waals surface area contributed by atoms with Crippen molar-refractivity contribution in [1.29, 1.82) is 0 Å². The first-order valence-corrected chi connectivity index (χ1v) is 8.84. The second-order valence-corrected chi connectivity index (χ2v) is 6.51. The molecule has 1 aliphatic heterocycles. The highest BCUT2D eigenvalue weighted by Crippen LogP contribution is 2.34. The lowest BCUT2D eigenvalue weighted by molar-refractivity contribution is -0.675. The van der Waals surface area contributed by atoms with E-state index in [9.17, 15) is 19.2 Å². The summed E-state index contributed by atoms with van der Waals surface area (Å²) in [6, 6.07) is 0. The first kappa shape index (κ1) is 22.3. The van der Waals surface area contributed by atoms with Gasteiger partial charge in [0.05, 0.1) is 7.05 Å². The summed E-state index contributed by atoms with van der Waals surface area (Å²) in [5.74, 6) is -2.59. The molecule has 1 aliphatic rings. The third-order valence-electron chi connectivity index (χ3n) is 3.96. The number of aryl methyl sites for hydroxylation is 1. The van der Waals surface area contributed by atoms with Gasteiger partial charge in [0, 0.05) is 27.7 Å². The van der Waals surface area contributed by atoms with Crippen LogP contribution in [0, 0.1) is 6.33 Å². The van der Waals surface area contributed by atoms with Crippen molar-refractivity contribution in [3.8, 4) is 0 Å². The SMILES string of the molecule is CC(=O)OC[C@H]1O[C@@H](n2[c-][n+](C)cc2)[C@H](OC(C)=O)[C@@H](OC(C)=O)[C@@H]1OC(C)=O. The van der Waals surface area contributed by atoms with Crippen molar-refractivity contribution >= 4 is 23.9 Å². The van der Waals surface area contributed by atoms with Crippen LogP contribution in [0.15, 0.2) is 12.4 Å². The molecular formula is C18H24N2O9. The molecule has 0 amide bonds. The maximum absolute atomic E-state index is 11.7. The summed E-state index contributed by atoms with van der Waals surface area (Å²) >= 11 is 0. The molecule has 5 atom stereocenters. The number of nitrogens with zero attached hydrogens (tertiary/aromatic N) is 2. The van der Waals surface area contributed by atoms with E-state index in [1.165, 1.54) is 32.3 Å². The number of ether oxygens (including phenoxy) is 5. The number of carbonyl (C=O) groups excluding carboxylic acids is 4. The molecule has 1 saturated heterocycles. The minimum atomic E-state index is -1.21. The van der Waals surface area contributed by atoms with Gasteiger partial charge in [-0.15, -0.1) is 0 Å². The van der Waals surface area contributed by atoms with Crippen LogP contribution in [0.25, 0.3) is 0 Å². The second kappa shape index (κ2) is 9.50. The molecule has 0 unspecified atom stereocenters. The molecule has 29 heavy (non-hydrogen) atoms. The van der Waals surface area contributed by atoms with Crippen molar-refractivity contribution < 1.29 is 47.4 Å². The molecule has 0 N–H and O–H groups in total. The molecule has 0 aliphatic carbocycles. The van der Waals surface area contributed by atoms with Gasteiger partial charge < -0.3 is 32.8 Å². The van der Waals surface area contributed by atoms with E-state index in [0.717, 1.165) is 0 Å². The lowest BCUT2D eigenvalue weighted by Gasteiger charge is -2.43. The van der Waals surface area contributed by atoms with Gasteiger partial charge in [0.25, 0.3) is 0 Å². The summed E-state index contributed by atoms with van der Waals surface area (Å²) < 4.78 is 30.1. The van der Waals surface area contributed by atoms with E-state index in [0.29, 0.717) is 0 Å². The Labute approximate surface area is 167 Å². The number of esters is 4. The first-order valence-electron chi connectivity index (χ1n) is 8.84. The Hall–Kier alpha value is -2.95. The van der Waals surface area contributed by atoms with E-state index in [2.05, 4.69) is 6.33 Å². The standard InChI is InChI=1S/C18H24N2O9/c1-10(21)25-8-14-15(26-11(2)22)16(27-12(3)23)17(28-13(4)24)18(29-14)20-7-6-19(5)9-20/h6-7,14-18H,8H2,1-5H3/t14-,15-,16+,17-,18-/m1/s1. The third kappa shape index (κ3) is 6.01. The van der Waals surface area contributed by atoms with Crippen LogP contribution in [0.2, 0.25) is 0 Å². The largest absolute Gasteiger partial charge is 0.463 e. The number of imidazole rings is 1. The minimum Gasteiger partial charge on any atom is -0.463 e. The highest BCUT2D eigenvalue weighted by molar-refractivity contribution is 5.68. The fourth-order valence-corrected chi connectivity index (χ4v) is 2.99. The fraction of sp³-hybridized carbons (Fsp3) is 0.611. The van der Waals surface area contributed by atoms with Crippen LogP contribution in [0.4, 0.5) is 0 Å². The van der Waals surface area contributed by atoms with Gasteiger partial charge in [-0.3, -0.25) is 19.2 Å². The normalized spacial score (nSPS) is 26.3. The highest BCUT2D eigenvalue weighted by atomic mass is 16.7. The van der Waals surface area contributed by atoms with Gasteiger partial charge in [-0.2, -0.15) is 0 Å². The average molecular weight is 412 g/mol. The van der Waals surface area contributed by atoms with Crippen LogP contribution in [-0.4, -0.2) is 59.5 Å². The van der Waals surface area contributed by atoms with Gasteiger partial charge in [0.1, 0.15) is 12.7 Å². The maximum atomic E-state index is 11.7. The van der Waals surface area contributed by atoms with Gasteiger partial charge in [0.2, 0.25) is 18.7 Å². The zero-order valence-electron chi connectivity index (χ0n) is 16.8. The molecule has 1 aromatic rings. The fourth-order valence-electron chi connectivity index (χ4n) is 2.99. The molecule has 0 aromatic carbocycles. The molecule has 0 spiro atoms. The third-order valence-corrected chi connectivity index (χ3v) is 3.96. The van der Waals surface area contributed by atoms with Crippen LogP contribution in [0.3, 0.4) is 0 Å². The minimum absolute atomic E-state index is 0.276. The van der Waals surface area contributed by atoms with E-state index in [1.807, 2.05) is 0 Å². The van der Waals surface area contributed by atoms with Crippen molar-refractivity contribution in [3.05, 3.63) is 18.7 Å². The molecule has 1 fully saturated rings. The predicted molar refractivity (Wildman–Crippen MR) is 91.6 cm³/mol. The molecular weight excluding hydrogens is 388 g/mol. The lowest BCUT2D eigenvalue weighted by Crippen LogP contribution is -2.60. The van der Waals surface area contributed by atoms with Crippen molar-refractivity contribution in [2.24, 2.45) is 7.05 Å². The molecule has 2 heterocycles. The Kier molecular flexibility index (Phi) is 7.32. The number of hydrogen-bond acceptors (Lipinski definition) is 9. The summed E-state index contributed by atoms with van der Waals surface area (Å²) in [6.45, 7) is 4.46. The summed E-state index contributed by atoms with van der Waals surface area (Å²) in [7, 11) is 1.72. The zero-order chi connectivity index (χ0) is 21.7. The van der Waals surface area contributed by atoms with E-state index < -0.39 is 54.5 Å². The predicted octanol–water partition coefficient (Wildman–Crippen LogP) is -0.632. The smallest absolute Gasteiger partial charge is 0.303 e. The summed E-state index contributed by atoms with van der Waals surface area (Å²) in [6.07, 6.45) is 0.685. The molecule has 11 heteroatoms. The number of carbonyl (C=O) groups is 4. The Morgan fingerprint density at radius 3 is 1.97 bits per heavy atom. The molecule has 2 rings (SSSR count). The number of hydrogen-bond donors (Lipinski definition) is 0. The summed E-state index contributed by atoms with van der Waals surface area (Å²) in [5.41, 5.74) is 0. The van der Waals surface area contributed by atoms with Gasteiger partial charge in [-0.25, -0.2) is 0 Å². The molecule has 0 bridgehead atoms. The van der Waals surface area contributed by atoms with Crippen molar-refractivity contribution in [1.82, 2.24) is 4.57 Å². The second-order valence-electron chi connectivity index (χ2n) is 6.51. The van der Waals surface area contributed by atoms with Crippen LogP contribution < -0.4 is 4.57 Å². The summed E-state index contributed by atoms with van der Waals surface area (Å²) in [5, 5.41) is 0. The van der Waals surface area contributed by atoms with Gasteiger partial charge in [0.15, 0.2) is 12.2 Å². The highest BCUT2D eigenvalue weighted by Gasteiger charge is 2.53. The molecule has 1 aromatic heterocycles. The monoisotopic (exact) mass is 412 g/mol. The van der Waals surface area contributed by atoms with Crippen LogP contribution in [0.5, 0.6) is 0 Å².